The summed E-state index contributed by atoms with van der Waals surface area (Å²) in [6.07, 6.45) is 8.77. The average molecular weight is 263 g/mol. The van der Waals surface area contributed by atoms with Crippen molar-refractivity contribution in [2.75, 3.05) is 19.6 Å². The molecule has 1 aliphatic carbocycles. The summed E-state index contributed by atoms with van der Waals surface area (Å²) in [6.45, 7) is 8.03. The maximum Gasteiger partial charge on any atom is 0.109 e. The predicted molar refractivity (Wildman–Crippen MR) is 78.9 cm³/mol. The van der Waals surface area contributed by atoms with E-state index in [1.54, 1.807) is 0 Å². The SMILES string of the molecule is CC(C)NC1(C#N)CCCC1CCN1CCCCC1. The van der Waals surface area contributed by atoms with Gasteiger partial charge in [0.1, 0.15) is 5.54 Å². The molecule has 0 bridgehead atoms. The van der Waals surface area contributed by atoms with Gasteiger partial charge in [-0.3, -0.25) is 5.32 Å². The third-order valence-corrected chi connectivity index (χ3v) is 4.81. The van der Waals surface area contributed by atoms with E-state index < -0.39 is 0 Å². The van der Waals surface area contributed by atoms with Gasteiger partial charge in [0.05, 0.1) is 6.07 Å². The van der Waals surface area contributed by atoms with Crippen LogP contribution >= 0.6 is 0 Å². The molecule has 1 aliphatic heterocycles. The molecule has 3 heteroatoms. The maximum atomic E-state index is 9.65. The fourth-order valence-corrected chi connectivity index (χ4v) is 3.87. The highest BCUT2D eigenvalue weighted by atomic mass is 15.1. The van der Waals surface area contributed by atoms with Gasteiger partial charge >= 0.3 is 0 Å². The first-order chi connectivity index (χ1) is 9.16. The summed E-state index contributed by atoms with van der Waals surface area (Å²) >= 11 is 0. The molecule has 0 aromatic rings. The van der Waals surface area contributed by atoms with Gasteiger partial charge in [0.2, 0.25) is 0 Å². The Hall–Kier alpha value is -0.590. The lowest BCUT2D eigenvalue weighted by molar-refractivity contribution is 0.192. The van der Waals surface area contributed by atoms with Gasteiger partial charge in [-0.2, -0.15) is 5.26 Å². The zero-order chi connectivity index (χ0) is 13.7. The second kappa shape index (κ2) is 6.72. The normalized spacial score (nSPS) is 32.6. The molecule has 0 radical (unpaired) electrons. The molecule has 2 rings (SSSR count). The molecule has 1 saturated carbocycles. The highest BCUT2D eigenvalue weighted by Crippen LogP contribution is 2.38. The number of hydrogen-bond donors (Lipinski definition) is 1. The summed E-state index contributed by atoms with van der Waals surface area (Å²) in [7, 11) is 0. The monoisotopic (exact) mass is 263 g/mol. The van der Waals surface area contributed by atoms with E-state index in [0.29, 0.717) is 12.0 Å². The van der Waals surface area contributed by atoms with Gasteiger partial charge in [-0.15, -0.1) is 0 Å². The van der Waals surface area contributed by atoms with Crippen LogP contribution in [0.2, 0.25) is 0 Å². The zero-order valence-electron chi connectivity index (χ0n) is 12.6. The van der Waals surface area contributed by atoms with E-state index in [2.05, 4.69) is 30.1 Å². The molecule has 3 nitrogen and oxygen atoms in total. The Bertz CT molecular complexity index is 314. The van der Waals surface area contributed by atoms with E-state index in [-0.39, 0.29) is 5.54 Å². The van der Waals surface area contributed by atoms with Crippen LogP contribution < -0.4 is 5.32 Å². The van der Waals surface area contributed by atoms with Crippen molar-refractivity contribution in [1.82, 2.24) is 10.2 Å². The fraction of sp³-hybridized carbons (Fsp3) is 0.938. The summed E-state index contributed by atoms with van der Waals surface area (Å²) < 4.78 is 0. The van der Waals surface area contributed by atoms with Crippen LogP contribution in [0.25, 0.3) is 0 Å². The first kappa shape index (κ1) is 14.8. The zero-order valence-corrected chi connectivity index (χ0v) is 12.6. The molecule has 2 aliphatic rings. The highest BCUT2D eigenvalue weighted by Gasteiger charge is 2.43. The molecule has 1 saturated heterocycles. The minimum atomic E-state index is -0.246. The summed E-state index contributed by atoms with van der Waals surface area (Å²) in [4.78, 5) is 2.60. The van der Waals surface area contributed by atoms with Gasteiger partial charge in [-0.05, 0) is 71.5 Å². The van der Waals surface area contributed by atoms with Crippen LogP contribution in [0.3, 0.4) is 0 Å². The Labute approximate surface area is 118 Å². The third-order valence-electron chi connectivity index (χ3n) is 4.81. The highest BCUT2D eigenvalue weighted by molar-refractivity contribution is 5.14. The van der Waals surface area contributed by atoms with Gasteiger partial charge < -0.3 is 4.90 Å². The molecule has 0 spiro atoms. The molecule has 0 amide bonds. The van der Waals surface area contributed by atoms with Crippen molar-refractivity contribution >= 4 is 0 Å². The van der Waals surface area contributed by atoms with Crippen LogP contribution in [-0.2, 0) is 0 Å². The van der Waals surface area contributed by atoms with Crippen LogP contribution in [0.4, 0.5) is 0 Å². The van der Waals surface area contributed by atoms with Crippen molar-refractivity contribution in [1.29, 1.82) is 5.26 Å². The number of nitrogens with one attached hydrogen (secondary N) is 1. The Balaban J connectivity index is 1.88. The van der Waals surface area contributed by atoms with E-state index in [0.717, 1.165) is 6.42 Å². The molecular weight excluding hydrogens is 234 g/mol. The van der Waals surface area contributed by atoms with Crippen molar-refractivity contribution in [3.8, 4) is 6.07 Å². The van der Waals surface area contributed by atoms with E-state index in [4.69, 9.17) is 0 Å². The maximum absolute atomic E-state index is 9.65. The van der Waals surface area contributed by atoms with Crippen LogP contribution in [-0.4, -0.2) is 36.1 Å². The van der Waals surface area contributed by atoms with Crippen molar-refractivity contribution in [3.05, 3.63) is 0 Å². The predicted octanol–water partition coefficient (Wildman–Crippen LogP) is 2.92. The Morgan fingerprint density at radius 3 is 2.63 bits per heavy atom. The first-order valence-corrected chi connectivity index (χ1v) is 8.07. The summed E-state index contributed by atoms with van der Waals surface area (Å²) in [5, 5.41) is 13.2. The van der Waals surface area contributed by atoms with Gasteiger partial charge in [0.25, 0.3) is 0 Å². The largest absolute Gasteiger partial charge is 0.303 e. The molecule has 108 valence electrons. The molecule has 2 unspecified atom stereocenters. The van der Waals surface area contributed by atoms with Crippen molar-refractivity contribution in [2.24, 2.45) is 5.92 Å². The second-order valence-electron chi connectivity index (χ2n) is 6.66. The molecule has 0 aromatic heterocycles. The average Bonchev–Trinajstić information content (AvgIpc) is 2.80. The van der Waals surface area contributed by atoms with Crippen LogP contribution in [0.15, 0.2) is 0 Å². The van der Waals surface area contributed by atoms with Crippen molar-refractivity contribution in [3.63, 3.8) is 0 Å². The van der Waals surface area contributed by atoms with Gasteiger partial charge in [-0.25, -0.2) is 0 Å². The van der Waals surface area contributed by atoms with Gasteiger partial charge in [-0.1, -0.05) is 12.8 Å². The van der Waals surface area contributed by atoms with Crippen LogP contribution in [0, 0.1) is 17.2 Å². The third kappa shape index (κ3) is 3.70. The van der Waals surface area contributed by atoms with E-state index >= 15 is 0 Å². The van der Waals surface area contributed by atoms with Crippen molar-refractivity contribution < 1.29 is 0 Å². The summed E-state index contributed by atoms with van der Waals surface area (Å²) in [5.41, 5.74) is -0.246. The molecule has 2 fully saturated rings. The molecule has 1 heterocycles. The Morgan fingerprint density at radius 2 is 2.00 bits per heavy atom. The van der Waals surface area contributed by atoms with Crippen LogP contribution in [0.5, 0.6) is 0 Å². The molecule has 1 N–H and O–H groups in total. The van der Waals surface area contributed by atoms with Crippen LogP contribution in [0.1, 0.15) is 58.8 Å². The summed E-state index contributed by atoms with van der Waals surface area (Å²) in [5.74, 6) is 0.543. The topological polar surface area (TPSA) is 39.1 Å². The van der Waals surface area contributed by atoms with E-state index in [9.17, 15) is 5.26 Å². The molecular formula is C16H29N3. The lowest BCUT2D eigenvalue weighted by atomic mass is 9.85. The van der Waals surface area contributed by atoms with Gasteiger partial charge in [0.15, 0.2) is 0 Å². The standard InChI is InChI=1S/C16H29N3/c1-14(2)18-16(13-17)9-6-7-15(16)8-12-19-10-4-3-5-11-19/h14-15,18H,3-12H2,1-2H3. The number of rotatable bonds is 5. The molecule has 2 atom stereocenters. The summed E-state index contributed by atoms with van der Waals surface area (Å²) in [6, 6.07) is 3.02. The lowest BCUT2D eigenvalue weighted by Crippen LogP contribution is -2.50. The smallest absolute Gasteiger partial charge is 0.109 e. The lowest BCUT2D eigenvalue weighted by Gasteiger charge is -2.34. The minimum Gasteiger partial charge on any atom is -0.303 e. The number of nitriles is 1. The van der Waals surface area contributed by atoms with Gasteiger partial charge in [0, 0.05) is 6.04 Å². The molecule has 19 heavy (non-hydrogen) atoms. The Morgan fingerprint density at radius 1 is 1.26 bits per heavy atom. The number of hydrogen-bond acceptors (Lipinski definition) is 3. The minimum absolute atomic E-state index is 0.246. The number of nitrogens with zero attached hydrogens (tertiary/aromatic N) is 2. The van der Waals surface area contributed by atoms with E-state index in [1.165, 1.54) is 58.2 Å². The second-order valence-corrected chi connectivity index (χ2v) is 6.66. The Kier molecular flexibility index (Phi) is 5.24. The molecule has 0 aromatic carbocycles. The van der Waals surface area contributed by atoms with Crippen molar-refractivity contribution in [2.45, 2.75) is 70.4 Å². The quantitative estimate of drug-likeness (QED) is 0.829. The fourth-order valence-electron chi connectivity index (χ4n) is 3.87. The number of piperidine rings is 1. The first-order valence-electron chi connectivity index (χ1n) is 8.07. The number of likely N-dealkylation sites (tertiary alicyclic amines) is 1. The van der Waals surface area contributed by atoms with E-state index in [1.807, 2.05) is 0 Å².